The lowest BCUT2D eigenvalue weighted by molar-refractivity contribution is 0.141. The summed E-state index contributed by atoms with van der Waals surface area (Å²) in [6.07, 6.45) is -0.345. The van der Waals surface area contributed by atoms with Crippen molar-refractivity contribution in [3.05, 3.63) is 29.8 Å². The molecule has 2 heterocycles. The quantitative estimate of drug-likeness (QED) is 0.314. The van der Waals surface area contributed by atoms with E-state index in [0.29, 0.717) is 37.0 Å². The van der Waals surface area contributed by atoms with Gasteiger partial charge in [0.05, 0.1) is 12.8 Å². The fourth-order valence-electron chi connectivity index (χ4n) is 5.17. The molecule has 0 aliphatic carbocycles. The summed E-state index contributed by atoms with van der Waals surface area (Å²) in [6, 6.07) is 5.61. The van der Waals surface area contributed by atoms with Crippen molar-refractivity contribution in [3.8, 4) is 5.75 Å². The van der Waals surface area contributed by atoms with Crippen LogP contribution in [0.15, 0.2) is 29.3 Å². The Morgan fingerprint density at radius 3 is 1.57 bits per heavy atom. The molecule has 2 N–H and O–H groups in total. The first-order chi connectivity index (χ1) is 17.9. The van der Waals surface area contributed by atoms with E-state index in [4.69, 9.17) is 15.2 Å². The van der Waals surface area contributed by atoms with E-state index in [0.717, 1.165) is 0 Å². The zero-order valence-electron chi connectivity index (χ0n) is 22.2. The van der Waals surface area contributed by atoms with E-state index in [1.54, 1.807) is 0 Å². The minimum absolute atomic E-state index is 0.0184. The summed E-state index contributed by atoms with van der Waals surface area (Å²) in [5, 5.41) is 0. The molecule has 15 nitrogen and oxygen atoms in total. The van der Waals surface area contributed by atoms with Crippen molar-refractivity contribution in [2.75, 3.05) is 44.4 Å². The molecular weight excluding hydrogens is 635 g/mol. The van der Waals surface area contributed by atoms with Crippen LogP contribution in [0.5, 0.6) is 5.75 Å². The van der Waals surface area contributed by atoms with Gasteiger partial charge in [-0.3, -0.25) is 0 Å². The first-order valence-electron chi connectivity index (χ1n) is 11.4. The molecule has 1 aromatic rings. The number of nitrogens with two attached hydrogens (primary N) is 1. The van der Waals surface area contributed by atoms with Gasteiger partial charge in [-0.25, -0.2) is 47.1 Å². The van der Waals surface area contributed by atoms with Gasteiger partial charge in [0.1, 0.15) is 12.4 Å². The van der Waals surface area contributed by atoms with E-state index >= 15 is 0 Å². The summed E-state index contributed by atoms with van der Waals surface area (Å²) in [7, 11) is -25.4. The molecule has 0 aromatic heterocycles. The van der Waals surface area contributed by atoms with Gasteiger partial charge in [-0.15, -0.1) is 4.31 Å². The average molecular weight is 666 g/mol. The second kappa shape index (κ2) is 10.1. The van der Waals surface area contributed by atoms with Crippen molar-refractivity contribution < 1.29 is 51.6 Å². The van der Waals surface area contributed by atoms with Crippen molar-refractivity contribution in [1.29, 1.82) is 0 Å². The van der Waals surface area contributed by atoms with Crippen LogP contribution in [0.4, 0.5) is 0 Å². The van der Waals surface area contributed by atoms with Crippen molar-refractivity contribution in [2.24, 2.45) is 10.7 Å². The third-order valence-corrected chi connectivity index (χ3v) is 18.2. The number of sulfone groups is 4. The van der Waals surface area contributed by atoms with Crippen LogP contribution in [0.3, 0.4) is 0 Å². The molecule has 1 fully saturated rings. The van der Waals surface area contributed by atoms with Gasteiger partial charge in [0.2, 0.25) is 18.4 Å². The largest absolute Gasteiger partial charge is 0.490 e. The molecule has 40 heavy (non-hydrogen) atoms. The maximum absolute atomic E-state index is 13.3. The van der Waals surface area contributed by atoms with Gasteiger partial charge in [0.25, 0.3) is 6.02 Å². The van der Waals surface area contributed by atoms with Crippen LogP contribution in [0.1, 0.15) is 24.3 Å². The highest BCUT2D eigenvalue weighted by atomic mass is 32.3. The molecule has 1 atom stereocenters. The summed E-state index contributed by atoms with van der Waals surface area (Å²) >= 11 is 0. The zero-order chi connectivity index (χ0) is 30.7. The minimum Gasteiger partial charge on any atom is -0.490 e. The van der Waals surface area contributed by atoms with Crippen LogP contribution in [-0.2, 0) is 54.1 Å². The van der Waals surface area contributed by atoms with Gasteiger partial charge in [-0.2, -0.15) is 0 Å². The highest BCUT2D eigenvalue weighted by Crippen LogP contribution is 2.55. The molecule has 0 spiro atoms. The third-order valence-electron chi connectivity index (χ3n) is 6.80. The van der Waals surface area contributed by atoms with Gasteiger partial charge in [0.15, 0.2) is 45.5 Å². The summed E-state index contributed by atoms with van der Waals surface area (Å²) in [4.78, 5) is 3.88. The molecular formula is C20H31N3O12S5. The van der Waals surface area contributed by atoms with Crippen LogP contribution in [0.25, 0.3) is 0 Å². The van der Waals surface area contributed by atoms with Crippen LogP contribution < -0.4 is 10.5 Å². The van der Waals surface area contributed by atoms with Crippen LogP contribution in [0.2, 0.25) is 0 Å². The zero-order valence-corrected chi connectivity index (χ0v) is 26.3. The van der Waals surface area contributed by atoms with Crippen molar-refractivity contribution in [2.45, 2.75) is 33.3 Å². The lowest BCUT2D eigenvalue weighted by Crippen LogP contribution is -2.75. The summed E-state index contributed by atoms with van der Waals surface area (Å²) in [6.45, 7) is 0.341. The number of ether oxygens (including phenoxy) is 2. The van der Waals surface area contributed by atoms with Gasteiger partial charge in [-0.05, 0) is 23.6 Å². The maximum atomic E-state index is 13.3. The molecule has 1 saturated heterocycles. The van der Waals surface area contributed by atoms with Crippen molar-refractivity contribution in [1.82, 2.24) is 4.31 Å². The lowest BCUT2D eigenvalue weighted by Gasteiger charge is -2.53. The molecule has 0 radical (unpaired) electrons. The topological polar surface area (TPSA) is 231 Å². The fraction of sp³-hybridized carbons (Fsp3) is 0.650. The number of amidine groups is 1. The predicted octanol–water partition coefficient (Wildman–Crippen LogP) is -1.60. The Morgan fingerprint density at radius 2 is 1.25 bits per heavy atom. The van der Waals surface area contributed by atoms with Gasteiger partial charge >= 0.3 is 0 Å². The van der Waals surface area contributed by atoms with E-state index in [9.17, 15) is 42.1 Å². The number of nitrogens with zero attached hydrogens (tertiary/aromatic N) is 2. The second-order valence-electron chi connectivity index (χ2n) is 9.95. The Bertz CT molecular complexity index is 1610. The number of benzene rings is 1. The second-order valence-corrected chi connectivity index (χ2v) is 21.2. The molecule has 1 unspecified atom stereocenters. The highest BCUT2D eigenvalue weighted by Gasteiger charge is 2.75. The predicted molar refractivity (Wildman–Crippen MR) is 147 cm³/mol. The van der Waals surface area contributed by atoms with Crippen LogP contribution in [-0.4, -0.2) is 111 Å². The normalized spacial score (nSPS) is 22.8. The Kier molecular flexibility index (Phi) is 8.19. The van der Waals surface area contributed by atoms with Gasteiger partial charge < -0.3 is 15.2 Å². The van der Waals surface area contributed by atoms with Gasteiger partial charge in [0, 0.05) is 37.9 Å². The number of hydrogen-bond donors (Lipinski definition) is 1. The maximum Gasteiger partial charge on any atom is 0.282 e. The molecule has 0 bridgehead atoms. The first-order valence-corrected chi connectivity index (χ1v) is 20.8. The minimum atomic E-state index is -5.14. The standard InChI is InChI=1S/C20H31N3O12S5/c1-36(24,25)19(37(2,26)27)10-15(11-20(38(3,28)29,39(4,30)31)23(19)40(5,32)33)14-6-8-16(9-7-14)34-13-17-12-22-18(21)35-17/h6-9,15,17H,10-13H2,1-5H3,(H2,21,22). The molecule has 1 aromatic carbocycles. The number of aliphatic imine (C=N–C) groups is 1. The van der Waals surface area contributed by atoms with Crippen LogP contribution in [0, 0.1) is 0 Å². The summed E-state index contributed by atoms with van der Waals surface area (Å²) < 4.78 is 136. The van der Waals surface area contributed by atoms with E-state index < -0.39 is 82.6 Å². The van der Waals surface area contributed by atoms with E-state index in [1.165, 1.54) is 24.3 Å². The molecule has 0 saturated carbocycles. The van der Waals surface area contributed by atoms with E-state index in [2.05, 4.69) is 4.99 Å². The Balaban J connectivity index is 2.26. The Morgan fingerprint density at radius 1 is 0.825 bits per heavy atom. The number of piperidine rings is 1. The molecule has 2 aliphatic rings. The summed E-state index contributed by atoms with van der Waals surface area (Å²) in [5.41, 5.74) is 5.61. The van der Waals surface area contributed by atoms with Crippen molar-refractivity contribution in [3.63, 3.8) is 0 Å². The summed E-state index contributed by atoms with van der Waals surface area (Å²) in [5.74, 6) is -1.08. The smallest absolute Gasteiger partial charge is 0.282 e. The molecule has 3 rings (SSSR count). The number of hydrogen-bond acceptors (Lipinski definition) is 14. The molecule has 2 aliphatic heterocycles. The van der Waals surface area contributed by atoms with E-state index in [1.807, 2.05) is 0 Å². The van der Waals surface area contributed by atoms with Crippen LogP contribution >= 0.6 is 0 Å². The Hall–Kier alpha value is -2.00. The first kappa shape index (κ1) is 32.5. The third kappa shape index (κ3) is 5.44. The van der Waals surface area contributed by atoms with E-state index in [-0.39, 0.29) is 29.0 Å². The van der Waals surface area contributed by atoms with Crippen molar-refractivity contribution >= 4 is 55.4 Å². The monoisotopic (exact) mass is 665 g/mol. The molecule has 20 heteroatoms. The highest BCUT2D eigenvalue weighted by molar-refractivity contribution is 8.12. The lowest BCUT2D eigenvalue weighted by atomic mass is 9.89. The van der Waals surface area contributed by atoms with Gasteiger partial charge in [-0.1, -0.05) is 12.1 Å². The molecule has 0 amide bonds. The fourth-order valence-corrected chi connectivity index (χ4v) is 18.1. The average Bonchev–Trinajstić information content (AvgIpc) is 3.18. The Labute approximate surface area is 234 Å². The molecule has 228 valence electrons. The SMILES string of the molecule is CS(=O)(=O)N1C(S(C)(=O)=O)(S(C)(=O)=O)CC(c2ccc(OCC3CN=C(N)O3)cc2)CC1(S(C)(=O)=O)S(C)(=O)=O. The number of sulfonamides is 1. The number of rotatable bonds is 9.